The summed E-state index contributed by atoms with van der Waals surface area (Å²) >= 11 is 0. The molecule has 0 unspecified atom stereocenters. The molecule has 0 aromatic carbocycles. The average molecular weight is 313 g/mol. The van der Waals surface area contributed by atoms with Crippen molar-refractivity contribution < 1.29 is 12.8 Å². The lowest BCUT2D eigenvalue weighted by Gasteiger charge is -2.33. The van der Waals surface area contributed by atoms with Crippen LogP contribution >= 0.6 is 0 Å². The van der Waals surface area contributed by atoms with Gasteiger partial charge in [0.1, 0.15) is 16.4 Å². The quantitative estimate of drug-likeness (QED) is 0.868. The van der Waals surface area contributed by atoms with E-state index in [4.69, 9.17) is 10.2 Å². The number of aryl methyl sites for hydroxylation is 1. The third kappa shape index (κ3) is 3.15. The summed E-state index contributed by atoms with van der Waals surface area (Å²) in [4.78, 5) is 2.63. The number of furan rings is 1. The summed E-state index contributed by atoms with van der Waals surface area (Å²) in [5.74, 6) is 1.78. The Morgan fingerprint density at radius 1 is 1.29 bits per heavy atom. The summed E-state index contributed by atoms with van der Waals surface area (Å²) < 4.78 is 32.3. The van der Waals surface area contributed by atoms with Gasteiger partial charge in [-0.1, -0.05) is 0 Å². The summed E-state index contributed by atoms with van der Waals surface area (Å²) in [6, 6.07) is 1.56. The first kappa shape index (κ1) is 15.0. The van der Waals surface area contributed by atoms with Gasteiger partial charge in [-0.15, -0.1) is 0 Å². The van der Waals surface area contributed by atoms with E-state index in [1.54, 1.807) is 17.3 Å². The summed E-state index contributed by atoms with van der Waals surface area (Å²) in [7, 11) is -3.46. The van der Waals surface area contributed by atoms with Crippen molar-refractivity contribution in [3.63, 3.8) is 0 Å². The topological polar surface area (TPSA) is 79.8 Å². The van der Waals surface area contributed by atoms with E-state index in [2.05, 4.69) is 4.90 Å². The molecule has 0 radical (unpaired) electrons. The lowest BCUT2D eigenvalue weighted by Crippen LogP contribution is -2.49. The molecule has 0 amide bonds. The number of nitrogens with zero attached hydrogens (tertiary/aromatic N) is 2. The zero-order chi connectivity index (χ0) is 15.0. The van der Waals surface area contributed by atoms with Gasteiger partial charge in [-0.05, 0) is 25.7 Å². The molecule has 1 aliphatic carbocycles. The average Bonchev–Trinajstić information content (AvgIpc) is 3.19. The number of nitrogens with two attached hydrogens (primary N) is 1. The maximum atomic E-state index is 12.7. The predicted octanol–water partition coefficient (Wildman–Crippen LogP) is 0.763. The number of rotatable bonds is 5. The summed E-state index contributed by atoms with van der Waals surface area (Å²) in [5.41, 5.74) is 5.52. The van der Waals surface area contributed by atoms with E-state index in [0.29, 0.717) is 24.6 Å². The van der Waals surface area contributed by atoms with E-state index < -0.39 is 10.0 Å². The van der Waals surface area contributed by atoms with E-state index in [9.17, 15) is 8.42 Å². The van der Waals surface area contributed by atoms with E-state index in [-0.39, 0.29) is 11.4 Å². The van der Waals surface area contributed by atoms with Gasteiger partial charge in [-0.2, -0.15) is 4.31 Å². The molecular weight excluding hydrogens is 290 g/mol. The van der Waals surface area contributed by atoms with Gasteiger partial charge >= 0.3 is 0 Å². The van der Waals surface area contributed by atoms with Crippen molar-refractivity contribution in [1.29, 1.82) is 0 Å². The third-order valence-electron chi connectivity index (χ3n) is 4.29. The molecule has 7 heteroatoms. The second-order valence-corrected chi connectivity index (χ2v) is 7.89. The highest BCUT2D eigenvalue weighted by molar-refractivity contribution is 7.89. The van der Waals surface area contributed by atoms with Crippen molar-refractivity contribution in [3.05, 3.63) is 17.6 Å². The largest absolute Gasteiger partial charge is 0.464 e. The molecule has 1 aromatic heterocycles. The number of sulfonamides is 1. The van der Waals surface area contributed by atoms with E-state index in [1.807, 2.05) is 0 Å². The smallest absolute Gasteiger partial charge is 0.246 e. The fourth-order valence-corrected chi connectivity index (χ4v) is 4.45. The Hall–Kier alpha value is -0.890. The SMILES string of the molecule is Cc1oc(CN)cc1S(=O)(=O)N1CCN(CC2CC2)CC1. The zero-order valence-electron chi connectivity index (χ0n) is 12.4. The van der Waals surface area contributed by atoms with Crippen LogP contribution in [0.25, 0.3) is 0 Å². The molecule has 118 valence electrons. The third-order valence-corrected chi connectivity index (χ3v) is 6.29. The fourth-order valence-electron chi connectivity index (χ4n) is 2.84. The normalized spacial score (nSPS) is 21.8. The predicted molar refractivity (Wildman–Crippen MR) is 79.3 cm³/mol. The molecule has 1 saturated carbocycles. The molecule has 1 aliphatic heterocycles. The van der Waals surface area contributed by atoms with Crippen LogP contribution in [0.15, 0.2) is 15.4 Å². The molecule has 3 rings (SSSR count). The monoisotopic (exact) mass is 313 g/mol. The number of piperazine rings is 1. The highest BCUT2D eigenvalue weighted by Gasteiger charge is 2.33. The molecule has 1 saturated heterocycles. The Kier molecular flexibility index (Phi) is 4.09. The van der Waals surface area contributed by atoms with E-state index >= 15 is 0 Å². The van der Waals surface area contributed by atoms with E-state index in [0.717, 1.165) is 25.6 Å². The van der Waals surface area contributed by atoms with Crippen LogP contribution < -0.4 is 5.73 Å². The van der Waals surface area contributed by atoms with Gasteiger partial charge in [0.2, 0.25) is 10.0 Å². The first-order valence-electron chi connectivity index (χ1n) is 7.52. The van der Waals surface area contributed by atoms with Gasteiger partial charge in [-0.25, -0.2) is 8.42 Å². The first-order valence-corrected chi connectivity index (χ1v) is 8.96. The van der Waals surface area contributed by atoms with E-state index in [1.165, 1.54) is 12.8 Å². The standard InChI is InChI=1S/C14H23N3O3S/c1-11-14(8-13(9-15)20-11)21(18,19)17-6-4-16(5-7-17)10-12-2-3-12/h8,12H,2-7,9-10,15H2,1H3. The van der Waals surface area contributed by atoms with Gasteiger partial charge in [0.15, 0.2) is 0 Å². The Morgan fingerprint density at radius 2 is 1.95 bits per heavy atom. The van der Waals surface area contributed by atoms with Crippen LogP contribution in [-0.2, 0) is 16.6 Å². The molecule has 2 N–H and O–H groups in total. The van der Waals surface area contributed by atoms with Gasteiger partial charge in [-0.3, -0.25) is 0 Å². The maximum Gasteiger partial charge on any atom is 0.246 e. The zero-order valence-corrected chi connectivity index (χ0v) is 13.2. The first-order chi connectivity index (χ1) is 10.0. The minimum atomic E-state index is -3.46. The molecule has 21 heavy (non-hydrogen) atoms. The van der Waals surface area contributed by atoms with Crippen LogP contribution in [0.4, 0.5) is 0 Å². The highest BCUT2D eigenvalue weighted by atomic mass is 32.2. The lowest BCUT2D eigenvalue weighted by molar-refractivity contribution is 0.182. The van der Waals surface area contributed by atoms with Gasteiger partial charge in [0.25, 0.3) is 0 Å². The summed E-state index contributed by atoms with van der Waals surface area (Å²) in [6.45, 7) is 5.75. The van der Waals surface area contributed by atoms with Gasteiger partial charge < -0.3 is 15.1 Å². The van der Waals surface area contributed by atoms with Crippen molar-refractivity contribution in [3.8, 4) is 0 Å². The van der Waals surface area contributed by atoms with Crippen LogP contribution in [0.2, 0.25) is 0 Å². The summed E-state index contributed by atoms with van der Waals surface area (Å²) in [5, 5.41) is 0. The van der Waals surface area contributed by atoms with Crippen LogP contribution in [0, 0.1) is 12.8 Å². The molecule has 2 aliphatic rings. The highest BCUT2D eigenvalue weighted by Crippen LogP contribution is 2.30. The van der Waals surface area contributed by atoms with Crippen LogP contribution in [-0.4, -0.2) is 50.3 Å². The molecular formula is C14H23N3O3S. The van der Waals surface area contributed by atoms with Crippen molar-refractivity contribution in [2.24, 2.45) is 11.7 Å². The van der Waals surface area contributed by atoms with Crippen LogP contribution in [0.5, 0.6) is 0 Å². The molecule has 1 aromatic rings. The Balaban J connectivity index is 1.68. The van der Waals surface area contributed by atoms with Crippen molar-refractivity contribution in [1.82, 2.24) is 9.21 Å². The molecule has 0 atom stereocenters. The molecule has 2 heterocycles. The number of hydrogen-bond acceptors (Lipinski definition) is 5. The Bertz CT molecular complexity index is 599. The van der Waals surface area contributed by atoms with Crippen molar-refractivity contribution >= 4 is 10.0 Å². The van der Waals surface area contributed by atoms with Crippen molar-refractivity contribution in [2.45, 2.75) is 31.2 Å². The minimum absolute atomic E-state index is 0.214. The lowest BCUT2D eigenvalue weighted by atomic mass is 10.3. The number of hydrogen-bond donors (Lipinski definition) is 1. The Labute approximate surface area is 125 Å². The van der Waals surface area contributed by atoms with Gasteiger partial charge in [0, 0.05) is 38.8 Å². The second kappa shape index (κ2) is 5.72. The Morgan fingerprint density at radius 3 is 2.48 bits per heavy atom. The second-order valence-electron chi connectivity index (χ2n) is 5.99. The van der Waals surface area contributed by atoms with Crippen LogP contribution in [0.1, 0.15) is 24.4 Å². The molecule has 0 spiro atoms. The summed E-state index contributed by atoms with van der Waals surface area (Å²) in [6.07, 6.45) is 2.66. The fraction of sp³-hybridized carbons (Fsp3) is 0.714. The molecule has 6 nitrogen and oxygen atoms in total. The maximum absolute atomic E-state index is 12.7. The molecule has 0 bridgehead atoms. The molecule has 2 fully saturated rings. The van der Waals surface area contributed by atoms with Crippen molar-refractivity contribution in [2.75, 3.05) is 32.7 Å². The van der Waals surface area contributed by atoms with Gasteiger partial charge in [0.05, 0.1) is 6.54 Å². The van der Waals surface area contributed by atoms with Crippen LogP contribution in [0.3, 0.4) is 0 Å². The minimum Gasteiger partial charge on any atom is -0.464 e.